The number of thioether (sulfide) groups is 1. The lowest BCUT2D eigenvalue weighted by Crippen LogP contribution is -2.11. The normalized spacial score (nSPS) is 13.4. The first-order valence-electron chi connectivity index (χ1n) is 4.18. The molecule has 0 aliphatic carbocycles. The van der Waals surface area contributed by atoms with Crippen molar-refractivity contribution >= 4 is 11.8 Å². The quantitative estimate of drug-likeness (QED) is 0.577. The van der Waals surface area contributed by atoms with Crippen LogP contribution in [-0.2, 0) is 0 Å². The van der Waals surface area contributed by atoms with E-state index in [1.165, 1.54) is 12.8 Å². The van der Waals surface area contributed by atoms with Crippen LogP contribution in [-0.4, -0.2) is 34.4 Å². The van der Waals surface area contributed by atoms with E-state index < -0.39 is 0 Å². The predicted octanol–water partition coefficient (Wildman–Crippen LogP) is 1.26. The Labute approximate surface area is 73.0 Å². The fourth-order valence-electron chi connectivity index (χ4n) is 0.766. The molecule has 0 fully saturated rings. The summed E-state index contributed by atoms with van der Waals surface area (Å²) in [6.07, 6.45) is 3.11. The lowest BCUT2D eigenvalue weighted by Gasteiger charge is -2.10. The molecule has 1 unspecified atom stereocenters. The molecule has 11 heavy (non-hydrogen) atoms. The highest BCUT2D eigenvalue weighted by molar-refractivity contribution is 7.99. The molecule has 0 saturated carbocycles. The minimum Gasteiger partial charge on any atom is -0.396 e. The third-order valence-electron chi connectivity index (χ3n) is 1.51. The number of unbranched alkanes of at least 4 members (excludes halogenated alkanes) is 1. The molecule has 1 atom stereocenters. The molecule has 2 nitrogen and oxygen atoms in total. The molecule has 0 aliphatic rings. The zero-order valence-electron chi connectivity index (χ0n) is 7.12. The van der Waals surface area contributed by atoms with Crippen LogP contribution >= 0.6 is 11.8 Å². The SMILES string of the molecule is CCCCSC(CO)CCO. The van der Waals surface area contributed by atoms with E-state index in [0.29, 0.717) is 6.42 Å². The van der Waals surface area contributed by atoms with Crippen LogP contribution in [0.4, 0.5) is 0 Å². The van der Waals surface area contributed by atoms with Gasteiger partial charge < -0.3 is 10.2 Å². The van der Waals surface area contributed by atoms with Crippen molar-refractivity contribution in [2.45, 2.75) is 31.4 Å². The molecule has 0 radical (unpaired) electrons. The van der Waals surface area contributed by atoms with Crippen LogP contribution in [0.3, 0.4) is 0 Å². The van der Waals surface area contributed by atoms with Crippen molar-refractivity contribution in [3.63, 3.8) is 0 Å². The van der Waals surface area contributed by atoms with Gasteiger partial charge in [0.2, 0.25) is 0 Å². The second kappa shape index (κ2) is 8.37. The van der Waals surface area contributed by atoms with E-state index in [-0.39, 0.29) is 18.5 Å². The predicted molar refractivity (Wildman–Crippen MR) is 49.9 cm³/mol. The van der Waals surface area contributed by atoms with Gasteiger partial charge in [-0.05, 0) is 18.6 Å². The molecule has 0 aromatic heterocycles. The number of rotatable bonds is 7. The Morgan fingerprint density at radius 3 is 2.55 bits per heavy atom. The molecular formula is C8H18O2S. The minimum absolute atomic E-state index is 0.185. The summed E-state index contributed by atoms with van der Waals surface area (Å²) >= 11 is 1.76. The first kappa shape index (κ1) is 11.3. The van der Waals surface area contributed by atoms with Gasteiger partial charge in [-0.15, -0.1) is 0 Å². The van der Waals surface area contributed by atoms with Gasteiger partial charge in [-0.25, -0.2) is 0 Å². The zero-order chi connectivity index (χ0) is 8.53. The summed E-state index contributed by atoms with van der Waals surface area (Å²) in [6, 6.07) is 0. The summed E-state index contributed by atoms with van der Waals surface area (Å²) < 4.78 is 0. The van der Waals surface area contributed by atoms with Crippen LogP contribution in [0.25, 0.3) is 0 Å². The topological polar surface area (TPSA) is 40.5 Å². The van der Waals surface area contributed by atoms with Crippen molar-refractivity contribution in [2.75, 3.05) is 19.0 Å². The maximum absolute atomic E-state index is 8.82. The van der Waals surface area contributed by atoms with E-state index in [2.05, 4.69) is 6.92 Å². The molecule has 0 aliphatic heterocycles. The lowest BCUT2D eigenvalue weighted by atomic mass is 10.3. The highest BCUT2D eigenvalue weighted by atomic mass is 32.2. The van der Waals surface area contributed by atoms with Gasteiger partial charge in [0, 0.05) is 11.9 Å². The largest absolute Gasteiger partial charge is 0.396 e. The average molecular weight is 178 g/mol. The van der Waals surface area contributed by atoms with E-state index in [1.54, 1.807) is 11.8 Å². The van der Waals surface area contributed by atoms with Crippen molar-refractivity contribution in [3.05, 3.63) is 0 Å². The molecule has 0 aromatic rings. The molecule has 0 saturated heterocycles. The zero-order valence-corrected chi connectivity index (χ0v) is 7.94. The summed E-state index contributed by atoms with van der Waals surface area (Å²) in [6.45, 7) is 2.53. The maximum Gasteiger partial charge on any atom is 0.0550 e. The number of aliphatic hydroxyl groups excluding tert-OH is 2. The Kier molecular flexibility index (Phi) is 8.57. The Hall–Kier alpha value is 0.270. The molecule has 2 N–H and O–H groups in total. The van der Waals surface area contributed by atoms with Crippen LogP contribution in [0.1, 0.15) is 26.2 Å². The van der Waals surface area contributed by atoms with Gasteiger partial charge in [0.25, 0.3) is 0 Å². The van der Waals surface area contributed by atoms with Crippen molar-refractivity contribution in [1.29, 1.82) is 0 Å². The summed E-state index contributed by atoms with van der Waals surface area (Å²) in [5, 5.41) is 17.7. The van der Waals surface area contributed by atoms with Crippen molar-refractivity contribution < 1.29 is 10.2 Å². The minimum atomic E-state index is 0.185. The molecule has 0 spiro atoms. The van der Waals surface area contributed by atoms with Crippen LogP contribution in [0.2, 0.25) is 0 Å². The Balaban J connectivity index is 3.20. The second-order valence-electron chi connectivity index (χ2n) is 2.54. The van der Waals surface area contributed by atoms with E-state index in [1.807, 2.05) is 0 Å². The lowest BCUT2D eigenvalue weighted by molar-refractivity contribution is 0.247. The summed E-state index contributed by atoms with van der Waals surface area (Å²) in [7, 11) is 0. The number of hydrogen-bond donors (Lipinski definition) is 2. The van der Waals surface area contributed by atoms with E-state index in [0.717, 1.165) is 5.75 Å². The van der Waals surface area contributed by atoms with Crippen LogP contribution in [0.15, 0.2) is 0 Å². The van der Waals surface area contributed by atoms with Crippen LogP contribution in [0.5, 0.6) is 0 Å². The molecule has 0 heterocycles. The molecule has 0 amide bonds. The third kappa shape index (κ3) is 6.66. The van der Waals surface area contributed by atoms with Crippen molar-refractivity contribution in [2.24, 2.45) is 0 Å². The second-order valence-corrected chi connectivity index (χ2v) is 3.95. The highest BCUT2D eigenvalue weighted by Crippen LogP contribution is 2.15. The first-order chi connectivity index (χ1) is 5.35. The Morgan fingerprint density at radius 1 is 1.36 bits per heavy atom. The van der Waals surface area contributed by atoms with E-state index >= 15 is 0 Å². The van der Waals surface area contributed by atoms with Gasteiger partial charge in [-0.1, -0.05) is 13.3 Å². The molecule has 0 rings (SSSR count). The van der Waals surface area contributed by atoms with Crippen molar-refractivity contribution in [1.82, 2.24) is 0 Å². The summed E-state index contributed by atoms with van der Waals surface area (Å²) in [5.74, 6) is 1.10. The van der Waals surface area contributed by atoms with Crippen LogP contribution in [0, 0.1) is 0 Å². The molecule has 0 bridgehead atoms. The number of hydrogen-bond acceptors (Lipinski definition) is 3. The average Bonchev–Trinajstić information content (AvgIpc) is 2.03. The molecule has 0 aromatic carbocycles. The monoisotopic (exact) mass is 178 g/mol. The Bertz CT molecular complexity index is 78.5. The van der Waals surface area contributed by atoms with Crippen LogP contribution < -0.4 is 0 Å². The number of aliphatic hydroxyl groups is 2. The first-order valence-corrected chi connectivity index (χ1v) is 5.23. The van der Waals surface area contributed by atoms with Gasteiger partial charge in [0.1, 0.15) is 0 Å². The van der Waals surface area contributed by atoms with Gasteiger partial charge in [0.15, 0.2) is 0 Å². The van der Waals surface area contributed by atoms with Gasteiger partial charge in [0.05, 0.1) is 6.61 Å². The standard InChI is InChI=1S/C8H18O2S/c1-2-3-6-11-8(7-10)4-5-9/h8-10H,2-7H2,1H3. The molecule has 68 valence electrons. The molecule has 3 heteroatoms. The fraction of sp³-hybridized carbons (Fsp3) is 1.00. The van der Waals surface area contributed by atoms with E-state index in [4.69, 9.17) is 10.2 Å². The van der Waals surface area contributed by atoms with Gasteiger partial charge in [-0.2, -0.15) is 11.8 Å². The smallest absolute Gasteiger partial charge is 0.0550 e. The third-order valence-corrected chi connectivity index (χ3v) is 2.89. The van der Waals surface area contributed by atoms with Gasteiger partial charge >= 0.3 is 0 Å². The summed E-state index contributed by atoms with van der Waals surface area (Å²) in [5.41, 5.74) is 0. The molecular weight excluding hydrogens is 160 g/mol. The Morgan fingerprint density at radius 2 is 2.09 bits per heavy atom. The van der Waals surface area contributed by atoms with Crippen molar-refractivity contribution in [3.8, 4) is 0 Å². The van der Waals surface area contributed by atoms with Gasteiger partial charge in [-0.3, -0.25) is 0 Å². The fourth-order valence-corrected chi connectivity index (χ4v) is 1.93. The highest BCUT2D eigenvalue weighted by Gasteiger charge is 2.05. The van der Waals surface area contributed by atoms with E-state index in [9.17, 15) is 0 Å². The summed E-state index contributed by atoms with van der Waals surface area (Å²) in [4.78, 5) is 0. The maximum atomic E-state index is 8.82.